The van der Waals surface area contributed by atoms with Crippen LogP contribution < -0.4 is 18.9 Å². The predicted octanol–water partition coefficient (Wildman–Crippen LogP) is 9.40. The highest BCUT2D eigenvalue weighted by atomic mass is 16.5. The highest BCUT2D eigenvalue weighted by molar-refractivity contribution is 5.71. The van der Waals surface area contributed by atoms with E-state index >= 15 is 0 Å². The van der Waals surface area contributed by atoms with Crippen LogP contribution in [0.3, 0.4) is 0 Å². The molecule has 1 aliphatic rings. The maximum absolute atomic E-state index is 12.2. The lowest BCUT2D eigenvalue weighted by atomic mass is 9.79. The number of fused-ring (bicyclic) bond motifs is 8. The Balaban J connectivity index is 0.00000205. The van der Waals surface area contributed by atoms with Crippen molar-refractivity contribution >= 4 is 23.9 Å². The molecular formula is C56H76O14. The SMILES string of the molecule is CC(C)(C)c1cc2c(OCC(=O)O)c(c1)Cc1cc(C(C)(C)C)cc(c1OCC(=O)O)Cc1cc(C(C)(C)C)cc(c1OCC(=O)O)Cc1cc(C(C)(C)C)cc(c1OCC(=O)O)C2.CCO.CCO. The maximum Gasteiger partial charge on any atom is 0.341 e. The Labute approximate surface area is 413 Å². The minimum Gasteiger partial charge on any atom is -0.481 e. The molecule has 1 aliphatic carbocycles. The van der Waals surface area contributed by atoms with Crippen molar-refractivity contribution < 1.29 is 68.8 Å². The van der Waals surface area contributed by atoms with E-state index in [-0.39, 0.29) is 38.9 Å². The summed E-state index contributed by atoms with van der Waals surface area (Å²) < 4.78 is 25.1. The van der Waals surface area contributed by atoms with Crippen LogP contribution in [0.1, 0.15) is 164 Å². The van der Waals surface area contributed by atoms with Crippen LogP contribution in [0.15, 0.2) is 48.5 Å². The molecule has 0 saturated heterocycles. The number of rotatable bonds is 12. The summed E-state index contributed by atoms with van der Waals surface area (Å²) in [5.74, 6) is -3.42. The van der Waals surface area contributed by atoms with Gasteiger partial charge in [-0.1, -0.05) is 132 Å². The van der Waals surface area contributed by atoms with Crippen LogP contribution in [-0.2, 0) is 66.5 Å². The summed E-state index contributed by atoms with van der Waals surface area (Å²) in [6.07, 6.45) is 0.568. The monoisotopic (exact) mass is 973 g/mol. The van der Waals surface area contributed by atoms with Crippen molar-refractivity contribution in [1.82, 2.24) is 0 Å². The van der Waals surface area contributed by atoms with Crippen LogP contribution in [-0.4, -0.2) is 94.2 Å². The first-order valence-electron chi connectivity index (χ1n) is 23.6. The van der Waals surface area contributed by atoms with Crippen molar-refractivity contribution in [2.45, 2.75) is 144 Å². The van der Waals surface area contributed by atoms with Crippen molar-refractivity contribution in [2.24, 2.45) is 0 Å². The van der Waals surface area contributed by atoms with Crippen molar-refractivity contribution in [3.8, 4) is 23.0 Å². The van der Waals surface area contributed by atoms with Gasteiger partial charge in [0.2, 0.25) is 0 Å². The largest absolute Gasteiger partial charge is 0.481 e. The molecule has 0 aromatic heterocycles. The Morgan fingerprint density at radius 1 is 0.357 bits per heavy atom. The van der Waals surface area contributed by atoms with E-state index in [2.05, 4.69) is 83.1 Å². The first-order chi connectivity index (χ1) is 32.3. The summed E-state index contributed by atoms with van der Waals surface area (Å²) in [7, 11) is 0. The number of carboxylic acids is 4. The van der Waals surface area contributed by atoms with Gasteiger partial charge in [-0.15, -0.1) is 0 Å². The third kappa shape index (κ3) is 16.5. The van der Waals surface area contributed by atoms with Crippen molar-refractivity contribution in [3.63, 3.8) is 0 Å². The minimum atomic E-state index is -1.18. The quantitative estimate of drug-likeness (QED) is 0.0685. The molecule has 0 spiro atoms. The number of carboxylic acid groups (broad SMARTS) is 4. The summed E-state index contributed by atoms with van der Waals surface area (Å²) >= 11 is 0. The molecule has 4 aromatic rings. The molecule has 0 fully saturated rings. The zero-order valence-electron chi connectivity index (χ0n) is 43.6. The van der Waals surface area contributed by atoms with E-state index in [4.69, 9.17) is 29.2 Å². The lowest BCUT2D eigenvalue weighted by Crippen LogP contribution is -2.20. The van der Waals surface area contributed by atoms with Gasteiger partial charge in [0, 0.05) is 38.9 Å². The van der Waals surface area contributed by atoms with Gasteiger partial charge in [0.1, 0.15) is 23.0 Å². The highest BCUT2D eigenvalue weighted by Gasteiger charge is 2.30. The number of aliphatic carboxylic acids is 4. The molecule has 6 N–H and O–H groups in total. The van der Waals surface area contributed by atoms with E-state index in [0.717, 1.165) is 22.3 Å². The maximum atomic E-state index is 12.2. The molecule has 0 atom stereocenters. The number of aliphatic hydroxyl groups is 2. The summed E-state index contributed by atoms with van der Waals surface area (Å²) in [5, 5.41) is 55.1. The molecular weight excluding hydrogens is 897 g/mol. The van der Waals surface area contributed by atoms with E-state index in [9.17, 15) is 39.6 Å². The fraction of sp³-hybridized carbons (Fsp3) is 0.500. The second-order valence-corrected chi connectivity index (χ2v) is 21.6. The molecule has 14 nitrogen and oxygen atoms in total. The Bertz CT molecular complexity index is 2050. The Morgan fingerprint density at radius 3 is 0.586 bits per heavy atom. The standard InChI is InChI=1S/C52H64O12.2C2H6O/c1-49(2,3)37-17-29-13-31-19-38(50(4,5)6)21-33(46(31)62-26-42(55)56)15-35-23-40(52(10,11)12)24-36(48(35)64-28-44(59)60)16-34-22-39(51(7,8)9)20-32(47(34)63-27-43(57)58)14-30(18-37)45(29)61-25-41(53)54;2*1-2-3/h17-24H,13-16,25-28H2,1-12H3,(H,53,54)(H,55,56)(H,57,58)(H,59,60);2*3H,2H2,1H3. The molecule has 384 valence electrons. The topological polar surface area (TPSA) is 227 Å². The number of aliphatic hydroxyl groups excluding tert-OH is 2. The minimum absolute atomic E-state index is 0.142. The van der Waals surface area contributed by atoms with Crippen LogP contribution in [0.2, 0.25) is 0 Å². The molecule has 70 heavy (non-hydrogen) atoms. The van der Waals surface area contributed by atoms with Crippen LogP contribution in [0.4, 0.5) is 0 Å². The number of carbonyl (C=O) groups is 4. The van der Waals surface area contributed by atoms with Crippen LogP contribution in [0.5, 0.6) is 23.0 Å². The van der Waals surface area contributed by atoms with Gasteiger partial charge in [0.05, 0.1) is 0 Å². The summed E-state index contributed by atoms with van der Waals surface area (Å²) in [4.78, 5) is 48.9. The van der Waals surface area contributed by atoms with Crippen LogP contribution in [0, 0.1) is 0 Å². The smallest absolute Gasteiger partial charge is 0.341 e. The molecule has 0 unspecified atom stereocenters. The fourth-order valence-electron chi connectivity index (χ4n) is 7.90. The van der Waals surface area contributed by atoms with Gasteiger partial charge in [-0.2, -0.15) is 0 Å². The van der Waals surface area contributed by atoms with Gasteiger partial charge in [-0.25, -0.2) is 19.2 Å². The van der Waals surface area contributed by atoms with Gasteiger partial charge in [0.25, 0.3) is 0 Å². The van der Waals surface area contributed by atoms with Crippen molar-refractivity contribution in [1.29, 1.82) is 0 Å². The molecule has 0 radical (unpaired) electrons. The second kappa shape index (κ2) is 24.1. The zero-order chi connectivity index (χ0) is 53.1. The highest BCUT2D eigenvalue weighted by Crippen LogP contribution is 2.44. The lowest BCUT2D eigenvalue weighted by molar-refractivity contribution is -0.140. The third-order valence-corrected chi connectivity index (χ3v) is 11.3. The summed E-state index contributed by atoms with van der Waals surface area (Å²) in [6, 6.07) is 15.9. The Kier molecular flexibility index (Phi) is 20.1. The number of benzene rings is 4. The van der Waals surface area contributed by atoms with Crippen molar-refractivity contribution in [3.05, 3.63) is 115 Å². The molecule has 0 amide bonds. The Hall–Kier alpha value is -6.12. The van der Waals surface area contributed by atoms with E-state index in [1.165, 1.54) is 0 Å². The summed E-state index contributed by atoms with van der Waals surface area (Å²) in [6.45, 7) is 26.1. The number of hydrogen-bond acceptors (Lipinski definition) is 10. The molecule has 0 saturated carbocycles. The first kappa shape index (κ1) is 58.2. The first-order valence-corrected chi connectivity index (χ1v) is 23.6. The average Bonchev–Trinajstić information content (AvgIpc) is 3.20. The fourth-order valence-corrected chi connectivity index (χ4v) is 7.90. The van der Waals surface area contributed by atoms with Gasteiger partial charge in [0.15, 0.2) is 26.4 Å². The Morgan fingerprint density at radius 2 is 0.486 bits per heavy atom. The van der Waals surface area contributed by atoms with Gasteiger partial charge < -0.3 is 49.6 Å². The predicted molar refractivity (Wildman–Crippen MR) is 270 cm³/mol. The van der Waals surface area contributed by atoms with Crippen LogP contribution in [0.25, 0.3) is 0 Å². The van der Waals surface area contributed by atoms with E-state index in [1.807, 2.05) is 48.5 Å². The van der Waals surface area contributed by atoms with Gasteiger partial charge in [-0.05, 0) is 102 Å². The average molecular weight is 973 g/mol. The molecule has 5 rings (SSSR count). The summed E-state index contributed by atoms with van der Waals surface area (Å²) in [5.41, 5.74) is 7.15. The molecule has 8 bridgehead atoms. The zero-order valence-corrected chi connectivity index (χ0v) is 43.6. The normalized spacial score (nSPS) is 12.6. The van der Waals surface area contributed by atoms with Gasteiger partial charge >= 0.3 is 23.9 Å². The van der Waals surface area contributed by atoms with Crippen molar-refractivity contribution in [2.75, 3.05) is 39.6 Å². The number of ether oxygens (including phenoxy) is 4. The molecule has 0 aliphatic heterocycles. The molecule has 4 aromatic carbocycles. The lowest BCUT2D eigenvalue weighted by Gasteiger charge is -2.29. The second-order valence-electron chi connectivity index (χ2n) is 21.6. The van der Waals surface area contributed by atoms with E-state index in [0.29, 0.717) is 67.5 Å². The van der Waals surface area contributed by atoms with Crippen LogP contribution >= 0.6 is 0 Å². The van der Waals surface area contributed by atoms with E-state index < -0.39 is 72.0 Å². The van der Waals surface area contributed by atoms with E-state index in [1.54, 1.807) is 13.8 Å². The number of hydrogen-bond donors (Lipinski definition) is 6. The third-order valence-electron chi connectivity index (χ3n) is 11.3. The molecule has 0 heterocycles. The van der Waals surface area contributed by atoms with Gasteiger partial charge in [-0.3, -0.25) is 0 Å². The molecule has 14 heteroatoms.